The molecule has 1 saturated carbocycles. The Bertz CT molecular complexity index is 453. The molecule has 5 rings (SSSR count). The zero-order chi connectivity index (χ0) is 16.6. The lowest BCUT2D eigenvalue weighted by Crippen LogP contribution is -2.55. The van der Waals surface area contributed by atoms with Crippen LogP contribution >= 0.6 is 0 Å². The van der Waals surface area contributed by atoms with E-state index in [0.717, 1.165) is 12.6 Å². The largest absolute Gasteiger partial charge is 0.302 e. The maximum atomic E-state index is 6.08. The highest BCUT2D eigenvalue weighted by Gasteiger charge is 2.43. The van der Waals surface area contributed by atoms with Gasteiger partial charge in [0.25, 0.3) is 0 Å². The van der Waals surface area contributed by atoms with Crippen LogP contribution in [-0.4, -0.2) is 66.6 Å². The van der Waals surface area contributed by atoms with Crippen LogP contribution < -0.4 is 16.1 Å². The molecular formula is C19H35N5O. The van der Waals surface area contributed by atoms with Gasteiger partial charge in [0, 0.05) is 6.04 Å². The molecule has 4 aliphatic heterocycles. The molecule has 5 aliphatic rings. The van der Waals surface area contributed by atoms with Crippen molar-refractivity contribution in [3.63, 3.8) is 0 Å². The predicted molar refractivity (Wildman–Crippen MR) is 97.6 cm³/mol. The highest BCUT2D eigenvalue weighted by molar-refractivity contribution is 4.95. The fraction of sp³-hybridized carbons (Fsp3) is 1.00. The van der Waals surface area contributed by atoms with E-state index in [1.807, 2.05) is 0 Å². The van der Waals surface area contributed by atoms with Gasteiger partial charge in [-0.05, 0) is 83.5 Å². The average molecular weight is 350 g/mol. The molecule has 0 aromatic carbocycles. The molecule has 5 fully saturated rings. The molecule has 25 heavy (non-hydrogen) atoms. The number of nitrogens with one attached hydrogen (secondary N) is 3. The lowest BCUT2D eigenvalue weighted by atomic mass is 9.90. The topological polar surface area (TPSA) is 51.8 Å². The summed E-state index contributed by atoms with van der Waals surface area (Å²) in [5.74, 6) is 0.662. The van der Waals surface area contributed by atoms with E-state index in [9.17, 15) is 0 Å². The molecule has 4 saturated heterocycles. The lowest BCUT2D eigenvalue weighted by molar-refractivity contribution is -0.0403. The third-order valence-electron chi connectivity index (χ3n) is 7.38. The number of nitrogens with zero attached hydrogens (tertiary/aromatic N) is 2. The Balaban J connectivity index is 1.17. The van der Waals surface area contributed by atoms with Gasteiger partial charge in [-0.15, -0.1) is 0 Å². The molecule has 3 N–H and O–H groups in total. The van der Waals surface area contributed by atoms with Crippen LogP contribution in [0.3, 0.4) is 0 Å². The Labute approximate surface area is 152 Å². The molecule has 0 aromatic rings. The quantitative estimate of drug-likeness (QED) is 0.709. The predicted octanol–water partition coefficient (Wildman–Crippen LogP) is 1.20. The molecule has 6 nitrogen and oxygen atoms in total. The van der Waals surface area contributed by atoms with E-state index < -0.39 is 0 Å². The normalized spacial score (nSPS) is 44.4. The van der Waals surface area contributed by atoms with Crippen LogP contribution in [0.15, 0.2) is 0 Å². The molecule has 0 amide bonds. The molecule has 4 heterocycles. The van der Waals surface area contributed by atoms with Crippen LogP contribution in [0.2, 0.25) is 0 Å². The monoisotopic (exact) mass is 349 g/mol. The lowest BCUT2D eigenvalue weighted by Gasteiger charge is -2.40. The number of hydrogen-bond acceptors (Lipinski definition) is 6. The number of hydroxylamine groups is 1. The van der Waals surface area contributed by atoms with E-state index in [4.69, 9.17) is 4.84 Å². The van der Waals surface area contributed by atoms with Crippen molar-refractivity contribution in [3.05, 3.63) is 0 Å². The van der Waals surface area contributed by atoms with E-state index in [1.54, 1.807) is 0 Å². The second kappa shape index (κ2) is 7.41. The number of hydrogen-bond donors (Lipinski definition) is 3. The average Bonchev–Trinajstić information content (AvgIpc) is 3.34. The Kier molecular flexibility index (Phi) is 5.01. The van der Waals surface area contributed by atoms with Crippen molar-refractivity contribution in [2.75, 3.05) is 26.2 Å². The smallest absolute Gasteiger partial charge is 0.146 e. The summed E-state index contributed by atoms with van der Waals surface area (Å²) in [5, 5.41) is 7.56. The van der Waals surface area contributed by atoms with E-state index in [0.29, 0.717) is 24.3 Å². The Morgan fingerprint density at radius 2 is 1.76 bits per heavy atom. The fourth-order valence-electron chi connectivity index (χ4n) is 5.68. The number of piperidine rings is 1. The van der Waals surface area contributed by atoms with E-state index in [2.05, 4.69) is 25.9 Å². The highest BCUT2D eigenvalue weighted by atomic mass is 16.7. The van der Waals surface area contributed by atoms with Gasteiger partial charge in [-0.25, -0.2) is 0 Å². The summed E-state index contributed by atoms with van der Waals surface area (Å²) in [5.41, 5.74) is 3.38. The molecule has 0 bridgehead atoms. The minimum atomic E-state index is 0.174. The summed E-state index contributed by atoms with van der Waals surface area (Å²) in [6.45, 7) is 4.95. The first kappa shape index (κ1) is 16.9. The van der Waals surface area contributed by atoms with Crippen molar-refractivity contribution in [2.24, 2.45) is 5.92 Å². The Morgan fingerprint density at radius 3 is 2.56 bits per heavy atom. The van der Waals surface area contributed by atoms with Gasteiger partial charge in [-0.2, -0.15) is 5.48 Å². The van der Waals surface area contributed by atoms with Crippen LogP contribution in [-0.2, 0) is 4.84 Å². The SMILES string of the molecule is C1CC(N2CCCC2C2NC(C3CCNC(N4CCCC4)C3)NO2)C1. The molecule has 5 unspecified atom stereocenters. The maximum absolute atomic E-state index is 6.08. The molecule has 142 valence electrons. The molecule has 1 aliphatic carbocycles. The zero-order valence-electron chi connectivity index (χ0n) is 15.5. The second-order valence-corrected chi connectivity index (χ2v) is 8.83. The Morgan fingerprint density at radius 1 is 0.880 bits per heavy atom. The van der Waals surface area contributed by atoms with Crippen LogP contribution in [0, 0.1) is 5.92 Å². The van der Waals surface area contributed by atoms with Gasteiger partial charge < -0.3 is 5.32 Å². The summed E-state index contributed by atoms with van der Waals surface area (Å²) in [6.07, 6.45) is 13.1. The van der Waals surface area contributed by atoms with Gasteiger partial charge in [0.2, 0.25) is 0 Å². The van der Waals surface area contributed by atoms with Crippen LogP contribution in [0.25, 0.3) is 0 Å². The molecule has 6 heteroatoms. The molecule has 0 spiro atoms. The summed E-state index contributed by atoms with van der Waals surface area (Å²) in [6, 6.07) is 1.40. The van der Waals surface area contributed by atoms with E-state index in [1.165, 1.54) is 77.4 Å². The Hall–Kier alpha value is -0.240. The van der Waals surface area contributed by atoms with Crippen LogP contribution in [0.1, 0.15) is 57.8 Å². The van der Waals surface area contributed by atoms with Crippen LogP contribution in [0.4, 0.5) is 0 Å². The van der Waals surface area contributed by atoms with E-state index >= 15 is 0 Å². The second-order valence-electron chi connectivity index (χ2n) is 8.83. The summed E-state index contributed by atoms with van der Waals surface area (Å²) >= 11 is 0. The van der Waals surface area contributed by atoms with Crippen LogP contribution in [0.5, 0.6) is 0 Å². The summed E-state index contributed by atoms with van der Waals surface area (Å²) in [7, 11) is 0. The first-order valence-electron chi connectivity index (χ1n) is 10.8. The molecular weight excluding hydrogens is 314 g/mol. The van der Waals surface area contributed by atoms with Gasteiger partial charge >= 0.3 is 0 Å². The third-order valence-corrected chi connectivity index (χ3v) is 7.38. The first-order chi connectivity index (χ1) is 12.4. The number of rotatable bonds is 4. The van der Waals surface area contributed by atoms with Gasteiger partial charge in [0.1, 0.15) is 6.23 Å². The van der Waals surface area contributed by atoms with Crippen molar-refractivity contribution in [1.82, 2.24) is 25.9 Å². The van der Waals surface area contributed by atoms with Crippen molar-refractivity contribution in [3.8, 4) is 0 Å². The summed E-state index contributed by atoms with van der Waals surface area (Å²) in [4.78, 5) is 11.5. The fourth-order valence-corrected chi connectivity index (χ4v) is 5.68. The minimum absolute atomic E-state index is 0.174. The minimum Gasteiger partial charge on any atom is -0.302 e. The van der Waals surface area contributed by atoms with Crippen molar-refractivity contribution in [1.29, 1.82) is 0 Å². The zero-order valence-corrected chi connectivity index (χ0v) is 15.5. The number of likely N-dealkylation sites (tertiary alicyclic amines) is 2. The molecule has 5 atom stereocenters. The van der Waals surface area contributed by atoms with Crippen molar-refractivity contribution in [2.45, 2.75) is 88.4 Å². The van der Waals surface area contributed by atoms with Crippen molar-refractivity contribution < 1.29 is 4.84 Å². The van der Waals surface area contributed by atoms with Gasteiger partial charge in [-0.3, -0.25) is 20.0 Å². The first-order valence-corrected chi connectivity index (χ1v) is 10.8. The standard InChI is InChI=1S/C19H35N5O/c1-2-11-23(10-1)17-13-14(8-9-20-17)18-21-19(25-22-18)16-7-4-12-24(16)15-5-3-6-15/h14-22H,1-13H2. The maximum Gasteiger partial charge on any atom is 0.146 e. The highest BCUT2D eigenvalue weighted by Crippen LogP contribution is 2.34. The molecule has 0 aromatic heterocycles. The third kappa shape index (κ3) is 3.37. The van der Waals surface area contributed by atoms with E-state index in [-0.39, 0.29) is 6.23 Å². The van der Waals surface area contributed by atoms with Gasteiger partial charge in [0.05, 0.1) is 18.4 Å². The summed E-state index contributed by atoms with van der Waals surface area (Å²) < 4.78 is 0. The molecule has 0 radical (unpaired) electrons. The van der Waals surface area contributed by atoms with Gasteiger partial charge in [0.15, 0.2) is 0 Å². The van der Waals surface area contributed by atoms with Crippen molar-refractivity contribution >= 4 is 0 Å². The van der Waals surface area contributed by atoms with Gasteiger partial charge in [-0.1, -0.05) is 6.42 Å².